The van der Waals surface area contributed by atoms with Crippen LogP contribution in [0.4, 0.5) is 0 Å². The van der Waals surface area contributed by atoms with E-state index < -0.39 is 0 Å². The Bertz CT molecular complexity index is 844. The van der Waals surface area contributed by atoms with Crippen molar-refractivity contribution in [1.82, 2.24) is 15.6 Å². The van der Waals surface area contributed by atoms with Gasteiger partial charge in [-0.1, -0.05) is 36.4 Å². The zero-order valence-electron chi connectivity index (χ0n) is 14.5. The summed E-state index contributed by atoms with van der Waals surface area (Å²) in [6.45, 7) is 3.60. The molecule has 0 bridgehead atoms. The van der Waals surface area contributed by atoms with Crippen molar-refractivity contribution in [3.63, 3.8) is 0 Å². The number of hydrogen-bond acceptors (Lipinski definition) is 3. The number of rotatable bonds is 5. The van der Waals surface area contributed by atoms with Gasteiger partial charge in [0.1, 0.15) is 0 Å². The highest BCUT2D eigenvalue weighted by molar-refractivity contribution is 14.0. The van der Waals surface area contributed by atoms with E-state index in [1.807, 2.05) is 6.92 Å². The molecule has 1 heterocycles. The van der Waals surface area contributed by atoms with Crippen LogP contribution in [0.3, 0.4) is 0 Å². The van der Waals surface area contributed by atoms with Crippen molar-refractivity contribution >= 4 is 52.0 Å². The maximum Gasteiger partial charge on any atom is 0.191 e. The van der Waals surface area contributed by atoms with Crippen molar-refractivity contribution < 1.29 is 0 Å². The van der Waals surface area contributed by atoms with Crippen molar-refractivity contribution in [3.8, 4) is 0 Å². The molecule has 0 saturated heterocycles. The van der Waals surface area contributed by atoms with Gasteiger partial charge in [-0.25, -0.2) is 4.98 Å². The Labute approximate surface area is 169 Å². The summed E-state index contributed by atoms with van der Waals surface area (Å²) < 4.78 is 0. The van der Waals surface area contributed by atoms with Crippen LogP contribution in [0.15, 0.2) is 52.8 Å². The molecule has 0 unspecified atom stereocenters. The number of guanidine groups is 1. The van der Waals surface area contributed by atoms with Crippen LogP contribution >= 0.6 is 35.3 Å². The number of nitrogens with zero attached hydrogens (tertiary/aromatic N) is 2. The highest BCUT2D eigenvalue weighted by Crippen LogP contribution is 2.15. The summed E-state index contributed by atoms with van der Waals surface area (Å²) in [7, 11) is 1.79. The predicted molar refractivity (Wildman–Crippen MR) is 118 cm³/mol. The fraction of sp³-hybridized carbons (Fsp3) is 0.263. The van der Waals surface area contributed by atoms with E-state index in [-0.39, 0.29) is 24.0 Å². The summed E-state index contributed by atoms with van der Waals surface area (Å²) in [6, 6.07) is 14.9. The Hall–Kier alpha value is -1.67. The van der Waals surface area contributed by atoms with Gasteiger partial charge in [0, 0.05) is 31.9 Å². The minimum atomic E-state index is 0. The first kappa shape index (κ1) is 19.7. The first-order valence-corrected chi connectivity index (χ1v) is 8.96. The number of hydrogen-bond donors (Lipinski definition) is 2. The average molecular weight is 466 g/mol. The van der Waals surface area contributed by atoms with Crippen LogP contribution in [0.2, 0.25) is 0 Å². The molecule has 0 atom stereocenters. The summed E-state index contributed by atoms with van der Waals surface area (Å²) in [6.07, 6.45) is 0.904. The molecule has 0 aliphatic heterocycles. The standard InChI is InChI=1S/C19H22N4S.HI/c1-14-23-18(13-24-14)9-10-21-19(20-2)22-12-15-7-8-16-5-3-4-6-17(16)11-15;/h3-8,11,13H,9-10,12H2,1-2H3,(H2,20,21,22);1H. The molecule has 3 rings (SSSR count). The molecule has 0 aliphatic rings. The largest absolute Gasteiger partial charge is 0.356 e. The second-order valence-corrected chi connectivity index (χ2v) is 6.70. The fourth-order valence-electron chi connectivity index (χ4n) is 2.59. The molecule has 25 heavy (non-hydrogen) atoms. The summed E-state index contributed by atoms with van der Waals surface area (Å²) in [5.41, 5.74) is 2.38. The van der Waals surface area contributed by atoms with Crippen LogP contribution in [0, 0.1) is 6.92 Å². The quantitative estimate of drug-likeness (QED) is 0.338. The van der Waals surface area contributed by atoms with E-state index in [1.54, 1.807) is 18.4 Å². The van der Waals surface area contributed by atoms with Gasteiger partial charge in [0.25, 0.3) is 0 Å². The molecule has 0 spiro atoms. The van der Waals surface area contributed by atoms with Crippen LogP contribution in [-0.2, 0) is 13.0 Å². The SMILES string of the molecule is CN=C(NCCc1csc(C)n1)NCc1ccc2ccccc2c1.I. The van der Waals surface area contributed by atoms with Gasteiger partial charge in [-0.05, 0) is 29.3 Å². The summed E-state index contributed by atoms with van der Waals surface area (Å²) in [4.78, 5) is 8.75. The van der Waals surface area contributed by atoms with E-state index in [4.69, 9.17) is 0 Å². The molecule has 2 aromatic carbocycles. The van der Waals surface area contributed by atoms with Crippen LogP contribution in [-0.4, -0.2) is 24.5 Å². The summed E-state index contributed by atoms with van der Waals surface area (Å²) >= 11 is 1.69. The molecule has 2 N–H and O–H groups in total. The van der Waals surface area contributed by atoms with Crippen molar-refractivity contribution in [1.29, 1.82) is 0 Å². The predicted octanol–water partition coefficient (Wildman–Crippen LogP) is 4.13. The maximum atomic E-state index is 4.47. The lowest BCUT2D eigenvalue weighted by molar-refractivity contribution is 0.786. The number of halogens is 1. The molecular weight excluding hydrogens is 443 g/mol. The second kappa shape index (κ2) is 9.72. The van der Waals surface area contributed by atoms with Crippen LogP contribution < -0.4 is 10.6 Å². The van der Waals surface area contributed by atoms with Crippen LogP contribution in [0.5, 0.6) is 0 Å². The van der Waals surface area contributed by atoms with Gasteiger partial charge in [0.2, 0.25) is 0 Å². The normalized spacial score (nSPS) is 11.2. The minimum absolute atomic E-state index is 0. The lowest BCUT2D eigenvalue weighted by atomic mass is 10.1. The van der Waals surface area contributed by atoms with Gasteiger partial charge < -0.3 is 10.6 Å². The first-order chi connectivity index (χ1) is 11.7. The first-order valence-electron chi connectivity index (χ1n) is 8.08. The van der Waals surface area contributed by atoms with Crippen molar-refractivity contribution in [2.24, 2.45) is 4.99 Å². The molecule has 0 fully saturated rings. The van der Waals surface area contributed by atoms with E-state index in [2.05, 4.69) is 68.5 Å². The molecule has 6 heteroatoms. The van der Waals surface area contributed by atoms with Gasteiger partial charge >= 0.3 is 0 Å². The minimum Gasteiger partial charge on any atom is -0.356 e. The highest BCUT2D eigenvalue weighted by atomic mass is 127. The van der Waals surface area contributed by atoms with Gasteiger partial charge in [-0.3, -0.25) is 4.99 Å². The molecule has 1 aromatic heterocycles. The second-order valence-electron chi connectivity index (χ2n) is 5.64. The Morgan fingerprint density at radius 3 is 2.64 bits per heavy atom. The molecule has 4 nitrogen and oxygen atoms in total. The van der Waals surface area contributed by atoms with Crippen molar-refractivity contribution in [2.45, 2.75) is 19.9 Å². The van der Waals surface area contributed by atoms with E-state index in [0.717, 1.165) is 36.2 Å². The number of benzene rings is 2. The summed E-state index contributed by atoms with van der Waals surface area (Å²) in [5, 5.41) is 12.5. The third kappa shape index (κ3) is 5.67. The van der Waals surface area contributed by atoms with Gasteiger partial charge in [-0.15, -0.1) is 35.3 Å². The van der Waals surface area contributed by atoms with Crippen molar-refractivity contribution in [2.75, 3.05) is 13.6 Å². The fourth-order valence-corrected chi connectivity index (χ4v) is 3.23. The number of thiazole rings is 1. The van der Waals surface area contributed by atoms with Crippen LogP contribution in [0.1, 0.15) is 16.3 Å². The lowest BCUT2D eigenvalue weighted by Crippen LogP contribution is -2.37. The van der Waals surface area contributed by atoms with E-state index >= 15 is 0 Å². The van der Waals surface area contributed by atoms with E-state index in [0.29, 0.717) is 0 Å². The third-order valence-corrected chi connectivity index (χ3v) is 4.66. The molecule has 0 radical (unpaired) electrons. The molecule has 0 aliphatic carbocycles. The Morgan fingerprint density at radius 1 is 1.12 bits per heavy atom. The Morgan fingerprint density at radius 2 is 1.92 bits per heavy atom. The van der Waals surface area contributed by atoms with Crippen LogP contribution in [0.25, 0.3) is 10.8 Å². The Kier molecular flexibility index (Phi) is 7.64. The van der Waals surface area contributed by atoms with E-state index in [1.165, 1.54) is 16.3 Å². The highest BCUT2D eigenvalue weighted by Gasteiger charge is 2.02. The third-order valence-electron chi connectivity index (χ3n) is 3.84. The zero-order valence-corrected chi connectivity index (χ0v) is 17.6. The number of aliphatic imine (C=N–C) groups is 1. The number of aryl methyl sites for hydroxylation is 1. The van der Waals surface area contributed by atoms with Gasteiger partial charge in [0.15, 0.2) is 5.96 Å². The topological polar surface area (TPSA) is 49.3 Å². The zero-order chi connectivity index (χ0) is 16.8. The Balaban J connectivity index is 0.00000225. The monoisotopic (exact) mass is 466 g/mol. The lowest BCUT2D eigenvalue weighted by Gasteiger charge is -2.12. The molecule has 132 valence electrons. The average Bonchev–Trinajstić information content (AvgIpc) is 3.03. The maximum absolute atomic E-state index is 4.47. The van der Waals surface area contributed by atoms with Crippen molar-refractivity contribution in [3.05, 3.63) is 64.1 Å². The number of fused-ring (bicyclic) bond motifs is 1. The molecule has 0 amide bonds. The van der Waals surface area contributed by atoms with E-state index in [9.17, 15) is 0 Å². The molecule has 0 saturated carbocycles. The molecule has 3 aromatic rings. The molecular formula is C19H23IN4S. The van der Waals surface area contributed by atoms with Gasteiger partial charge in [0.05, 0.1) is 10.7 Å². The number of nitrogens with one attached hydrogen (secondary N) is 2. The van der Waals surface area contributed by atoms with Gasteiger partial charge in [-0.2, -0.15) is 0 Å². The number of aromatic nitrogens is 1. The smallest absolute Gasteiger partial charge is 0.191 e. The summed E-state index contributed by atoms with van der Waals surface area (Å²) in [5.74, 6) is 0.815.